The molecule has 0 aliphatic carbocycles. The van der Waals surface area contributed by atoms with Gasteiger partial charge in [0.15, 0.2) is 0 Å². The number of nitrogens with one attached hydrogen (secondary N) is 1. The highest BCUT2D eigenvalue weighted by molar-refractivity contribution is 7.89. The van der Waals surface area contributed by atoms with Crippen LogP contribution in [0.15, 0.2) is 24.3 Å². The maximum Gasteiger partial charge on any atom is 0.324 e. The fraction of sp³-hybridized carbons (Fsp3) is 0.533. The van der Waals surface area contributed by atoms with E-state index in [0.717, 1.165) is 17.5 Å². The smallest absolute Gasteiger partial charge is 0.324 e. The summed E-state index contributed by atoms with van der Waals surface area (Å²) in [6.07, 6.45) is 1.35. The van der Waals surface area contributed by atoms with E-state index in [1.807, 2.05) is 38.1 Å². The second-order valence-electron chi connectivity index (χ2n) is 5.11. The summed E-state index contributed by atoms with van der Waals surface area (Å²) in [6.45, 7) is 5.51. The van der Waals surface area contributed by atoms with Gasteiger partial charge in [0.2, 0.25) is 10.0 Å². The third-order valence-corrected chi connectivity index (χ3v) is 4.52. The Balaban J connectivity index is 2.45. The van der Waals surface area contributed by atoms with Crippen LogP contribution in [0.1, 0.15) is 37.8 Å². The minimum Gasteiger partial charge on any atom is -0.460 e. The van der Waals surface area contributed by atoms with E-state index < -0.39 is 22.0 Å². The molecule has 0 amide bonds. The highest BCUT2D eigenvalue weighted by Crippen LogP contribution is 2.05. The SMILES string of the molecule is CCCCS(=O)(=O)N[C@@H](C)C(=O)OCc1ccc(C)cc1. The number of aryl methyl sites for hydroxylation is 1. The van der Waals surface area contributed by atoms with Crippen molar-refractivity contribution < 1.29 is 17.9 Å². The zero-order valence-electron chi connectivity index (χ0n) is 12.8. The summed E-state index contributed by atoms with van der Waals surface area (Å²) in [7, 11) is -3.43. The molecule has 118 valence electrons. The van der Waals surface area contributed by atoms with Crippen molar-refractivity contribution in [3.8, 4) is 0 Å². The van der Waals surface area contributed by atoms with Crippen molar-refractivity contribution in [2.45, 2.75) is 46.3 Å². The lowest BCUT2D eigenvalue weighted by molar-refractivity contribution is -0.146. The number of sulfonamides is 1. The van der Waals surface area contributed by atoms with Crippen molar-refractivity contribution >= 4 is 16.0 Å². The Morgan fingerprint density at radius 1 is 1.29 bits per heavy atom. The van der Waals surface area contributed by atoms with Crippen molar-refractivity contribution in [1.82, 2.24) is 4.72 Å². The maximum absolute atomic E-state index is 11.8. The normalized spacial score (nSPS) is 12.9. The molecular weight excluding hydrogens is 290 g/mol. The number of hydrogen-bond acceptors (Lipinski definition) is 4. The molecule has 1 rings (SSSR count). The van der Waals surface area contributed by atoms with Gasteiger partial charge < -0.3 is 4.74 Å². The van der Waals surface area contributed by atoms with Gasteiger partial charge in [-0.3, -0.25) is 4.79 Å². The van der Waals surface area contributed by atoms with Crippen LogP contribution in [0, 0.1) is 6.92 Å². The fourth-order valence-corrected chi connectivity index (χ4v) is 3.10. The first-order chi connectivity index (χ1) is 9.84. The van der Waals surface area contributed by atoms with Crippen molar-refractivity contribution in [1.29, 1.82) is 0 Å². The lowest BCUT2D eigenvalue weighted by Crippen LogP contribution is -2.40. The van der Waals surface area contributed by atoms with Crippen LogP contribution in [0.25, 0.3) is 0 Å². The Morgan fingerprint density at radius 3 is 2.48 bits per heavy atom. The summed E-state index contributed by atoms with van der Waals surface area (Å²) in [5.41, 5.74) is 2.00. The first-order valence-corrected chi connectivity index (χ1v) is 8.71. The van der Waals surface area contributed by atoms with Crippen LogP contribution in [0.4, 0.5) is 0 Å². The van der Waals surface area contributed by atoms with Gasteiger partial charge in [-0.2, -0.15) is 0 Å². The average Bonchev–Trinajstić information content (AvgIpc) is 2.43. The highest BCUT2D eigenvalue weighted by Gasteiger charge is 2.20. The van der Waals surface area contributed by atoms with Crippen molar-refractivity contribution in [3.63, 3.8) is 0 Å². The molecule has 6 heteroatoms. The molecule has 0 fully saturated rings. The van der Waals surface area contributed by atoms with Crippen molar-refractivity contribution in [3.05, 3.63) is 35.4 Å². The number of carbonyl (C=O) groups is 1. The number of carbonyl (C=O) groups excluding carboxylic acids is 1. The fourth-order valence-electron chi connectivity index (χ4n) is 1.67. The highest BCUT2D eigenvalue weighted by atomic mass is 32.2. The molecule has 1 aromatic rings. The molecule has 0 spiro atoms. The standard InChI is InChI=1S/C15H23NO4S/c1-4-5-10-21(18,19)16-13(3)15(17)20-11-14-8-6-12(2)7-9-14/h6-9,13,16H,4-5,10-11H2,1-3H3/t13-/m0/s1. The Hall–Kier alpha value is -1.40. The molecule has 1 atom stereocenters. The van der Waals surface area contributed by atoms with Gasteiger partial charge in [-0.05, 0) is 25.8 Å². The minimum atomic E-state index is -3.43. The van der Waals surface area contributed by atoms with Gasteiger partial charge in [0.25, 0.3) is 0 Å². The predicted octanol–water partition coefficient (Wildman–Crippen LogP) is 2.15. The van der Waals surface area contributed by atoms with E-state index in [2.05, 4.69) is 4.72 Å². The third-order valence-electron chi connectivity index (χ3n) is 2.98. The molecule has 21 heavy (non-hydrogen) atoms. The Bertz CT molecular complexity index is 552. The average molecular weight is 313 g/mol. The molecule has 0 aliphatic heterocycles. The zero-order valence-corrected chi connectivity index (χ0v) is 13.6. The molecule has 0 radical (unpaired) electrons. The van der Waals surface area contributed by atoms with E-state index in [9.17, 15) is 13.2 Å². The molecule has 1 N–H and O–H groups in total. The summed E-state index contributed by atoms with van der Waals surface area (Å²) in [4.78, 5) is 11.8. The summed E-state index contributed by atoms with van der Waals surface area (Å²) >= 11 is 0. The number of benzene rings is 1. The molecule has 5 nitrogen and oxygen atoms in total. The number of hydrogen-bond donors (Lipinski definition) is 1. The second-order valence-corrected chi connectivity index (χ2v) is 6.98. The van der Waals surface area contributed by atoms with Gasteiger partial charge in [0, 0.05) is 0 Å². The Labute approximate surface area is 126 Å². The lowest BCUT2D eigenvalue weighted by atomic mass is 10.2. The van der Waals surface area contributed by atoms with Crippen LogP contribution in [-0.2, 0) is 26.2 Å². The van der Waals surface area contributed by atoms with Crippen LogP contribution >= 0.6 is 0 Å². The van der Waals surface area contributed by atoms with Gasteiger partial charge in [-0.1, -0.05) is 43.2 Å². The van der Waals surface area contributed by atoms with E-state index in [0.29, 0.717) is 6.42 Å². The van der Waals surface area contributed by atoms with Gasteiger partial charge in [0.1, 0.15) is 12.6 Å². The van der Waals surface area contributed by atoms with Crippen LogP contribution in [0.3, 0.4) is 0 Å². The largest absolute Gasteiger partial charge is 0.460 e. The quantitative estimate of drug-likeness (QED) is 0.746. The molecule has 1 aromatic carbocycles. The maximum atomic E-state index is 11.8. The molecule has 0 heterocycles. The summed E-state index contributed by atoms with van der Waals surface area (Å²) < 4.78 is 30.8. The van der Waals surface area contributed by atoms with E-state index in [1.54, 1.807) is 0 Å². The Kier molecular flexibility index (Phi) is 6.84. The monoisotopic (exact) mass is 313 g/mol. The summed E-state index contributed by atoms with van der Waals surface area (Å²) in [5, 5.41) is 0. The molecule has 0 saturated carbocycles. The van der Waals surface area contributed by atoms with E-state index >= 15 is 0 Å². The minimum absolute atomic E-state index is 0.0269. The zero-order chi connectivity index (χ0) is 15.9. The van der Waals surface area contributed by atoms with E-state index in [4.69, 9.17) is 4.74 Å². The third kappa shape index (κ3) is 6.73. The number of esters is 1. The molecule has 0 aliphatic rings. The first kappa shape index (κ1) is 17.7. The van der Waals surface area contributed by atoms with Crippen LogP contribution in [0.5, 0.6) is 0 Å². The summed E-state index contributed by atoms with van der Waals surface area (Å²) in [6, 6.07) is 6.73. The van der Waals surface area contributed by atoms with Crippen LogP contribution in [0.2, 0.25) is 0 Å². The number of rotatable bonds is 8. The predicted molar refractivity (Wildman–Crippen MR) is 82.3 cm³/mol. The van der Waals surface area contributed by atoms with Gasteiger partial charge in [-0.25, -0.2) is 13.1 Å². The van der Waals surface area contributed by atoms with Crippen LogP contribution < -0.4 is 4.72 Å². The topological polar surface area (TPSA) is 72.5 Å². The van der Waals surface area contributed by atoms with Crippen LogP contribution in [-0.4, -0.2) is 26.2 Å². The molecular formula is C15H23NO4S. The molecule has 0 bridgehead atoms. The van der Waals surface area contributed by atoms with E-state index in [-0.39, 0.29) is 12.4 Å². The number of unbranched alkanes of at least 4 members (excludes halogenated alkanes) is 1. The second kappa shape index (κ2) is 8.14. The van der Waals surface area contributed by atoms with Crippen molar-refractivity contribution in [2.24, 2.45) is 0 Å². The van der Waals surface area contributed by atoms with Gasteiger partial charge in [0.05, 0.1) is 5.75 Å². The van der Waals surface area contributed by atoms with Gasteiger partial charge in [-0.15, -0.1) is 0 Å². The summed E-state index contributed by atoms with van der Waals surface area (Å²) in [5.74, 6) is -0.547. The molecule has 0 aromatic heterocycles. The molecule has 0 saturated heterocycles. The Morgan fingerprint density at radius 2 is 1.90 bits per heavy atom. The van der Waals surface area contributed by atoms with Gasteiger partial charge >= 0.3 is 5.97 Å². The van der Waals surface area contributed by atoms with E-state index in [1.165, 1.54) is 6.92 Å². The number of ether oxygens (including phenoxy) is 1. The van der Waals surface area contributed by atoms with Crippen molar-refractivity contribution in [2.75, 3.05) is 5.75 Å². The molecule has 0 unspecified atom stereocenters. The lowest BCUT2D eigenvalue weighted by Gasteiger charge is -2.13. The first-order valence-electron chi connectivity index (χ1n) is 7.06.